The van der Waals surface area contributed by atoms with Crippen LogP contribution in [0.15, 0.2) is 78.0 Å². The van der Waals surface area contributed by atoms with Gasteiger partial charge in [-0.3, -0.25) is 10.1 Å². The Labute approximate surface area is 236 Å². The van der Waals surface area contributed by atoms with Gasteiger partial charge in [0.1, 0.15) is 11.5 Å². The molecule has 4 rings (SSSR count). The molecule has 0 saturated heterocycles. The number of nitrogens with zero attached hydrogens (tertiary/aromatic N) is 3. The highest BCUT2D eigenvalue weighted by Gasteiger charge is 2.20. The second kappa shape index (κ2) is 13.5. The summed E-state index contributed by atoms with van der Waals surface area (Å²) < 4.78 is 12.9. The van der Waals surface area contributed by atoms with Crippen LogP contribution in [0.2, 0.25) is 0 Å². The molecule has 11 heteroatoms. The lowest BCUT2D eigenvalue weighted by molar-refractivity contribution is -0.384. The first-order chi connectivity index (χ1) is 19.4. The van der Waals surface area contributed by atoms with Gasteiger partial charge < -0.3 is 24.7 Å². The highest BCUT2D eigenvalue weighted by atomic mass is 32.2. The Morgan fingerprint density at radius 1 is 0.950 bits per heavy atom. The molecule has 0 fully saturated rings. The van der Waals surface area contributed by atoms with Gasteiger partial charge in [-0.05, 0) is 74.0 Å². The van der Waals surface area contributed by atoms with Crippen molar-refractivity contribution in [2.45, 2.75) is 25.0 Å². The lowest BCUT2D eigenvalue weighted by Gasteiger charge is -2.12. The quantitative estimate of drug-likeness (QED) is 0.0880. The van der Waals surface area contributed by atoms with E-state index in [2.05, 4.69) is 22.1 Å². The molecule has 0 atom stereocenters. The third-order valence-electron chi connectivity index (χ3n) is 6.15. The molecule has 1 heterocycles. The molecule has 2 amide bonds. The highest BCUT2D eigenvalue weighted by Crippen LogP contribution is 2.37. The number of benzene rings is 3. The van der Waals surface area contributed by atoms with E-state index in [1.54, 1.807) is 26.0 Å². The molecule has 3 aromatic carbocycles. The highest BCUT2D eigenvalue weighted by molar-refractivity contribution is 7.99. The third-order valence-corrected chi connectivity index (χ3v) is 7.21. The van der Waals surface area contributed by atoms with Gasteiger partial charge in [-0.2, -0.15) is 0 Å². The lowest BCUT2D eigenvalue weighted by Crippen LogP contribution is -2.29. The minimum absolute atomic E-state index is 0.0290. The van der Waals surface area contributed by atoms with E-state index in [1.165, 1.54) is 24.3 Å². The van der Waals surface area contributed by atoms with E-state index < -0.39 is 4.92 Å². The molecule has 0 unspecified atom stereocenters. The van der Waals surface area contributed by atoms with Gasteiger partial charge in [0.2, 0.25) is 0 Å². The molecular formula is C29H31N5O5S. The number of ether oxygens (including phenoxy) is 2. The number of nitro groups is 1. The molecule has 10 nitrogen and oxygen atoms in total. The molecule has 0 spiro atoms. The molecule has 2 N–H and O–H groups in total. The molecule has 0 aliphatic carbocycles. The van der Waals surface area contributed by atoms with Crippen molar-refractivity contribution in [1.82, 2.24) is 14.9 Å². The summed E-state index contributed by atoms with van der Waals surface area (Å²) in [5, 5.41) is 17.2. The summed E-state index contributed by atoms with van der Waals surface area (Å²) in [5.41, 5.74) is 4.40. The number of urea groups is 1. The first-order valence-corrected chi connectivity index (χ1v) is 13.7. The molecule has 1 aromatic heterocycles. The summed E-state index contributed by atoms with van der Waals surface area (Å²) in [7, 11) is 3.30. The largest absolute Gasteiger partial charge is 0.497 e. The summed E-state index contributed by atoms with van der Waals surface area (Å²) in [6.45, 7) is 3.30. The van der Waals surface area contributed by atoms with Crippen molar-refractivity contribution in [2.24, 2.45) is 0 Å². The van der Waals surface area contributed by atoms with E-state index in [9.17, 15) is 14.9 Å². The van der Waals surface area contributed by atoms with E-state index in [1.807, 2.05) is 48.5 Å². The van der Waals surface area contributed by atoms with Crippen LogP contribution >= 0.6 is 11.8 Å². The van der Waals surface area contributed by atoms with Gasteiger partial charge in [0, 0.05) is 47.8 Å². The number of methoxy groups -OCH3 is 2. The molecule has 0 aliphatic heterocycles. The molecule has 40 heavy (non-hydrogen) atoms. The fraction of sp³-hybridized carbons (Fsp3) is 0.241. The lowest BCUT2D eigenvalue weighted by atomic mass is 10.0. The van der Waals surface area contributed by atoms with E-state index in [4.69, 9.17) is 14.5 Å². The smallest absolute Gasteiger partial charge is 0.319 e. The average Bonchev–Trinajstić information content (AvgIpc) is 3.35. The van der Waals surface area contributed by atoms with Crippen molar-refractivity contribution in [2.75, 3.05) is 31.8 Å². The van der Waals surface area contributed by atoms with Crippen LogP contribution in [0.1, 0.15) is 13.3 Å². The minimum atomic E-state index is -0.481. The van der Waals surface area contributed by atoms with Gasteiger partial charge in [0.25, 0.3) is 5.69 Å². The second-order valence-electron chi connectivity index (χ2n) is 8.68. The SMILES string of the molecule is CCn1c(SCCCNC(=O)Nc2ccc([N+](=O)[O-])cc2)nc(-c2ccc(OC)cc2)c1-c1ccc(OC)cc1. The number of hydrogen-bond donors (Lipinski definition) is 2. The third kappa shape index (κ3) is 6.92. The number of imidazole rings is 1. The number of carbonyl (C=O) groups is 1. The van der Waals surface area contributed by atoms with Gasteiger partial charge in [0.15, 0.2) is 5.16 Å². The normalized spacial score (nSPS) is 10.7. The summed E-state index contributed by atoms with van der Waals surface area (Å²) >= 11 is 1.64. The molecule has 0 radical (unpaired) electrons. The summed E-state index contributed by atoms with van der Waals surface area (Å²) in [4.78, 5) is 27.6. The number of aromatic nitrogens is 2. The Hall–Kier alpha value is -4.51. The van der Waals surface area contributed by atoms with Crippen LogP contribution in [0.3, 0.4) is 0 Å². The number of thioether (sulfide) groups is 1. The number of anilines is 1. The first-order valence-electron chi connectivity index (χ1n) is 12.7. The zero-order valence-corrected chi connectivity index (χ0v) is 23.4. The van der Waals surface area contributed by atoms with Crippen molar-refractivity contribution in [3.05, 3.63) is 82.9 Å². The number of nitrogens with one attached hydrogen (secondary N) is 2. The predicted octanol–water partition coefficient (Wildman–Crippen LogP) is 6.47. The number of non-ortho nitro benzene ring substituents is 1. The maximum absolute atomic E-state index is 12.2. The van der Waals surface area contributed by atoms with E-state index >= 15 is 0 Å². The Balaban J connectivity index is 1.43. The van der Waals surface area contributed by atoms with Crippen LogP contribution in [0.25, 0.3) is 22.5 Å². The predicted molar refractivity (Wildman–Crippen MR) is 157 cm³/mol. The molecule has 0 bridgehead atoms. The minimum Gasteiger partial charge on any atom is -0.497 e. The van der Waals surface area contributed by atoms with Crippen molar-refractivity contribution in [1.29, 1.82) is 0 Å². The van der Waals surface area contributed by atoms with Crippen LogP contribution in [-0.4, -0.2) is 47.0 Å². The maximum Gasteiger partial charge on any atom is 0.319 e. The number of hydrogen-bond acceptors (Lipinski definition) is 7. The van der Waals surface area contributed by atoms with Gasteiger partial charge >= 0.3 is 6.03 Å². The van der Waals surface area contributed by atoms with Crippen LogP contribution in [-0.2, 0) is 6.54 Å². The molecule has 0 aliphatic rings. The van der Waals surface area contributed by atoms with Crippen LogP contribution in [0, 0.1) is 10.1 Å². The number of rotatable bonds is 12. The van der Waals surface area contributed by atoms with Gasteiger partial charge in [-0.15, -0.1) is 0 Å². The fourth-order valence-electron chi connectivity index (χ4n) is 4.11. The molecule has 208 valence electrons. The van der Waals surface area contributed by atoms with Crippen molar-refractivity contribution >= 4 is 29.2 Å². The van der Waals surface area contributed by atoms with Gasteiger partial charge in [-0.1, -0.05) is 11.8 Å². The molecule has 0 saturated carbocycles. The summed E-state index contributed by atoms with van der Waals surface area (Å²) in [5.74, 6) is 2.32. The van der Waals surface area contributed by atoms with Gasteiger partial charge in [0.05, 0.1) is 30.5 Å². The number of nitro benzene ring substituents is 1. The monoisotopic (exact) mass is 561 g/mol. The standard InChI is InChI=1S/C29H31N5O5S/c1-4-33-27(21-8-16-25(39-3)17-9-21)26(20-6-14-24(38-2)15-7-20)32-29(33)40-19-5-18-30-28(35)31-22-10-12-23(13-11-22)34(36)37/h6-17H,4-5,18-19H2,1-3H3,(H2,30,31,35). The summed E-state index contributed by atoms with van der Waals surface area (Å²) in [6.07, 6.45) is 0.727. The van der Waals surface area contributed by atoms with E-state index in [0.29, 0.717) is 12.2 Å². The Kier molecular flexibility index (Phi) is 9.63. The average molecular weight is 562 g/mol. The van der Waals surface area contributed by atoms with Crippen LogP contribution in [0.4, 0.5) is 16.2 Å². The number of carbonyl (C=O) groups excluding carboxylic acids is 1. The zero-order valence-electron chi connectivity index (χ0n) is 22.5. The fourth-order valence-corrected chi connectivity index (χ4v) is 5.11. The van der Waals surface area contributed by atoms with Crippen molar-refractivity contribution in [3.63, 3.8) is 0 Å². The Morgan fingerprint density at radius 3 is 2.10 bits per heavy atom. The Bertz CT molecular complexity index is 1440. The van der Waals surface area contributed by atoms with Crippen LogP contribution in [0.5, 0.6) is 11.5 Å². The van der Waals surface area contributed by atoms with Crippen LogP contribution < -0.4 is 20.1 Å². The van der Waals surface area contributed by atoms with Crippen molar-refractivity contribution < 1.29 is 19.2 Å². The summed E-state index contributed by atoms with van der Waals surface area (Å²) in [6, 6.07) is 21.2. The van der Waals surface area contributed by atoms with Gasteiger partial charge in [-0.25, -0.2) is 9.78 Å². The molecular weight excluding hydrogens is 530 g/mol. The first kappa shape index (κ1) is 28.5. The van der Waals surface area contributed by atoms with E-state index in [-0.39, 0.29) is 11.7 Å². The number of amides is 2. The zero-order chi connectivity index (χ0) is 28.5. The van der Waals surface area contributed by atoms with Crippen molar-refractivity contribution in [3.8, 4) is 34.0 Å². The van der Waals surface area contributed by atoms with E-state index in [0.717, 1.165) is 57.9 Å². The Morgan fingerprint density at radius 2 is 1.55 bits per heavy atom. The maximum atomic E-state index is 12.2. The molecule has 4 aromatic rings. The second-order valence-corrected chi connectivity index (χ2v) is 9.74. The topological polar surface area (TPSA) is 121 Å².